The van der Waals surface area contributed by atoms with Crippen LogP contribution in [0.1, 0.15) is 20.8 Å². The number of aryl methyl sites for hydroxylation is 2. The second kappa shape index (κ2) is 4.70. The van der Waals surface area contributed by atoms with Gasteiger partial charge in [0, 0.05) is 26.5 Å². The average molecular weight is 277 g/mol. The maximum Gasteiger partial charge on any atom is 0.412 e. The molecule has 0 bridgehead atoms. The van der Waals surface area contributed by atoms with Crippen LogP contribution < -0.4 is 10.9 Å². The van der Waals surface area contributed by atoms with Gasteiger partial charge in [-0.05, 0) is 26.8 Å². The molecule has 0 unspecified atom stereocenters. The number of fused-ring (bicyclic) bond motifs is 1. The van der Waals surface area contributed by atoms with Crippen molar-refractivity contribution in [1.29, 1.82) is 0 Å². The molecule has 2 aromatic heterocycles. The summed E-state index contributed by atoms with van der Waals surface area (Å²) in [6, 6.07) is 1.83. The van der Waals surface area contributed by atoms with Crippen molar-refractivity contribution >= 4 is 22.7 Å². The van der Waals surface area contributed by atoms with Crippen LogP contribution in [-0.4, -0.2) is 20.8 Å². The molecule has 0 fully saturated rings. The molecule has 108 valence electrons. The number of ether oxygens (including phenoxy) is 1. The van der Waals surface area contributed by atoms with E-state index in [1.807, 2.05) is 13.1 Å². The number of aromatic nitrogens is 2. The van der Waals surface area contributed by atoms with Crippen LogP contribution in [0.15, 0.2) is 23.3 Å². The van der Waals surface area contributed by atoms with Crippen LogP contribution in [0.5, 0.6) is 0 Å². The number of nitrogens with one attached hydrogen (secondary N) is 1. The highest BCUT2D eigenvalue weighted by Gasteiger charge is 2.19. The fourth-order valence-electron chi connectivity index (χ4n) is 2.00. The van der Waals surface area contributed by atoms with E-state index in [2.05, 4.69) is 5.32 Å². The molecule has 6 nitrogen and oxygen atoms in total. The molecule has 0 saturated heterocycles. The predicted molar refractivity (Wildman–Crippen MR) is 78.0 cm³/mol. The number of hydrogen-bond acceptors (Lipinski definition) is 3. The van der Waals surface area contributed by atoms with E-state index in [1.54, 1.807) is 44.8 Å². The summed E-state index contributed by atoms with van der Waals surface area (Å²) in [7, 11) is 3.49. The molecule has 0 aliphatic rings. The number of rotatable bonds is 1. The number of hydrogen-bond donors (Lipinski definition) is 1. The Labute approximate surface area is 117 Å². The molecule has 6 heteroatoms. The van der Waals surface area contributed by atoms with Crippen molar-refractivity contribution in [3.05, 3.63) is 28.8 Å². The second-order valence-electron chi connectivity index (χ2n) is 5.77. The van der Waals surface area contributed by atoms with Crippen molar-refractivity contribution in [3.8, 4) is 0 Å². The van der Waals surface area contributed by atoms with Crippen LogP contribution in [0.2, 0.25) is 0 Å². The number of amides is 1. The van der Waals surface area contributed by atoms with Gasteiger partial charge in [-0.2, -0.15) is 0 Å². The Morgan fingerprint density at radius 3 is 2.50 bits per heavy atom. The van der Waals surface area contributed by atoms with Crippen molar-refractivity contribution in [2.75, 3.05) is 5.32 Å². The monoisotopic (exact) mass is 277 g/mol. The molecule has 0 aliphatic heterocycles. The molecule has 1 amide bonds. The first kappa shape index (κ1) is 14.2. The summed E-state index contributed by atoms with van der Waals surface area (Å²) in [6.07, 6.45) is 2.83. The molecule has 0 radical (unpaired) electrons. The smallest absolute Gasteiger partial charge is 0.412 e. The normalized spacial score (nSPS) is 11.7. The number of anilines is 1. The highest BCUT2D eigenvalue weighted by atomic mass is 16.6. The van der Waals surface area contributed by atoms with Crippen LogP contribution in [0.25, 0.3) is 10.9 Å². The van der Waals surface area contributed by atoms with Gasteiger partial charge in [0.15, 0.2) is 0 Å². The van der Waals surface area contributed by atoms with Gasteiger partial charge in [0.2, 0.25) is 0 Å². The largest absolute Gasteiger partial charge is 0.444 e. The lowest BCUT2D eigenvalue weighted by atomic mass is 10.2. The molecule has 0 atom stereocenters. The van der Waals surface area contributed by atoms with E-state index in [4.69, 9.17) is 4.74 Å². The lowest BCUT2D eigenvalue weighted by Crippen LogP contribution is -2.27. The van der Waals surface area contributed by atoms with Crippen molar-refractivity contribution in [2.24, 2.45) is 14.1 Å². The Bertz CT molecular complexity index is 720. The molecule has 2 aromatic rings. The highest BCUT2D eigenvalue weighted by Crippen LogP contribution is 2.22. The molecule has 0 spiro atoms. The Kier molecular flexibility index (Phi) is 3.33. The van der Waals surface area contributed by atoms with Crippen LogP contribution in [0, 0.1) is 0 Å². The molecule has 1 N–H and O–H groups in total. The first-order chi connectivity index (χ1) is 9.19. The quantitative estimate of drug-likeness (QED) is 0.869. The van der Waals surface area contributed by atoms with Crippen molar-refractivity contribution in [3.63, 3.8) is 0 Å². The fraction of sp³-hybridized carbons (Fsp3) is 0.429. The van der Waals surface area contributed by atoms with Gasteiger partial charge in [0.1, 0.15) is 5.60 Å². The summed E-state index contributed by atoms with van der Waals surface area (Å²) in [5.74, 6) is 0. The molecule has 20 heavy (non-hydrogen) atoms. The first-order valence-corrected chi connectivity index (χ1v) is 6.34. The van der Waals surface area contributed by atoms with Gasteiger partial charge in [-0.25, -0.2) is 4.79 Å². The highest BCUT2D eigenvalue weighted by molar-refractivity contribution is 5.99. The van der Waals surface area contributed by atoms with Crippen LogP contribution in [-0.2, 0) is 18.8 Å². The van der Waals surface area contributed by atoms with Crippen LogP contribution in [0.4, 0.5) is 10.5 Å². The summed E-state index contributed by atoms with van der Waals surface area (Å²) in [4.78, 5) is 24.0. The van der Waals surface area contributed by atoms with Gasteiger partial charge in [-0.3, -0.25) is 10.1 Å². The van der Waals surface area contributed by atoms with Gasteiger partial charge >= 0.3 is 6.09 Å². The maximum atomic E-state index is 12.2. The zero-order valence-corrected chi connectivity index (χ0v) is 12.4. The number of carbonyl (C=O) groups is 1. The Hall–Kier alpha value is -2.24. The fourth-order valence-corrected chi connectivity index (χ4v) is 2.00. The zero-order chi connectivity index (χ0) is 15.1. The van der Waals surface area contributed by atoms with Gasteiger partial charge in [-0.1, -0.05) is 0 Å². The molecular formula is C14H19N3O3. The standard InChI is InChI=1S/C14H19N3O3/c1-14(2,3)20-13(19)15-9-8-17(5)10-6-7-16(4)12(18)11(9)10/h6-8H,1-5H3,(H,15,19). The molecule has 0 aromatic carbocycles. The molecule has 2 rings (SSSR count). The SMILES string of the molecule is Cn1ccc2c(c(NC(=O)OC(C)(C)C)cn2C)c1=O. The Balaban J connectivity index is 2.43. The van der Waals surface area contributed by atoms with E-state index in [0.717, 1.165) is 5.52 Å². The summed E-state index contributed by atoms with van der Waals surface area (Å²) in [5, 5.41) is 3.11. The summed E-state index contributed by atoms with van der Waals surface area (Å²) >= 11 is 0. The minimum Gasteiger partial charge on any atom is -0.444 e. The summed E-state index contributed by atoms with van der Waals surface area (Å²) < 4.78 is 8.47. The summed E-state index contributed by atoms with van der Waals surface area (Å²) in [5.41, 5.74) is 0.478. The Morgan fingerprint density at radius 2 is 1.90 bits per heavy atom. The van der Waals surface area contributed by atoms with E-state index in [-0.39, 0.29) is 5.56 Å². The Morgan fingerprint density at radius 1 is 1.25 bits per heavy atom. The first-order valence-electron chi connectivity index (χ1n) is 6.34. The lowest BCUT2D eigenvalue weighted by Gasteiger charge is -2.19. The molecule has 2 heterocycles. The van der Waals surface area contributed by atoms with Crippen molar-refractivity contribution in [1.82, 2.24) is 9.13 Å². The zero-order valence-electron chi connectivity index (χ0n) is 12.4. The van der Waals surface area contributed by atoms with Crippen molar-refractivity contribution in [2.45, 2.75) is 26.4 Å². The van der Waals surface area contributed by atoms with Gasteiger partial charge in [-0.15, -0.1) is 0 Å². The van der Waals surface area contributed by atoms with Gasteiger partial charge in [0.25, 0.3) is 5.56 Å². The molecular weight excluding hydrogens is 258 g/mol. The van der Waals surface area contributed by atoms with Crippen LogP contribution >= 0.6 is 0 Å². The van der Waals surface area contributed by atoms with E-state index in [9.17, 15) is 9.59 Å². The van der Waals surface area contributed by atoms with Crippen molar-refractivity contribution < 1.29 is 9.53 Å². The topological polar surface area (TPSA) is 65.3 Å². The third-order valence-corrected chi connectivity index (χ3v) is 2.85. The van der Waals surface area contributed by atoms with E-state index in [0.29, 0.717) is 11.1 Å². The second-order valence-corrected chi connectivity index (χ2v) is 5.77. The van der Waals surface area contributed by atoms with E-state index < -0.39 is 11.7 Å². The van der Waals surface area contributed by atoms with Gasteiger partial charge in [0.05, 0.1) is 16.6 Å². The minimum atomic E-state index is -0.584. The van der Waals surface area contributed by atoms with E-state index >= 15 is 0 Å². The molecule has 0 aliphatic carbocycles. The predicted octanol–water partition coefficient (Wildman–Crippen LogP) is 2.22. The average Bonchev–Trinajstić information content (AvgIpc) is 2.58. The number of nitrogens with zero attached hydrogens (tertiary/aromatic N) is 2. The third kappa shape index (κ3) is 2.68. The minimum absolute atomic E-state index is 0.158. The summed E-state index contributed by atoms with van der Waals surface area (Å²) in [6.45, 7) is 5.36. The van der Waals surface area contributed by atoms with Crippen LogP contribution in [0.3, 0.4) is 0 Å². The van der Waals surface area contributed by atoms with E-state index in [1.165, 1.54) is 4.57 Å². The number of pyridine rings is 1. The maximum absolute atomic E-state index is 12.2. The lowest BCUT2D eigenvalue weighted by molar-refractivity contribution is 0.0636. The molecule has 0 saturated carbocycles. The van der Waals surface area contributed by atoms with Gasteiger partial charge < -0.3 is 13.9 Å². The number of carbonyl (C=O) groups excluding carboxylic acids is 1. The third-order valence-electron chi connectivity index (χ3n) is 2.85.